The third-order valence-corrected chi connectivity index (χ3v) is 4.11. The lowest BCUT2D eigenvalue weighted by Gasteiger charge is -2.18. The molecule has 1 aromatic heterocycles. The molecule has 0 aliphatic rings. The second kappa shape index (κ2) is 13.2. The van der Waals surface area contributed by atoms with Crippen molar-refractivity contribution in [2.24, 2.45) is 5.73 Å². The molecule has 0 unspecified atom stereocenters. The van der Waals surface area contributed by atoms with Crippen LogP contribution in [0.15, 0.2) is 41.0 Å². The minimum atomic E-state index is -0.312. The predicted octanol–water partition coefficient (Wildman–Crippen LogP) is 2.91. The SMILES string of the molecule is CCN(CC)CCNC(=O)c1cccc(NC(=O)c2coc(CN)c2)c1.Cl.Cl. The number of carbonyl (C=O) groups excluding carboxylic acids is 2. The van der Waals surface area contributed by atoms with Gasteiger partial charge in [0.15, 0.2) is 0 Å². The van der Waals surface area contributed by atoms with Gasteiger partial charge in [0.1, 0.15) is 12.0 Å². The molecule has 1 aromatic carbocycles. The fourth-order valence-corrected chi connectivity index (χ4v) is 2.52. The standard InChI is InChI=1S/C19H26N4O3.2ClH/c1-3-23(4-2)9-8-21-18(24)14-6-5-7-16(10-14)22-19(25)15-11-17(12-20)26-13-15;;/h5-7,10-11,13H,3-4,8-9,12,20H2,1-2H3,(H,21,24)(H,22,25);2*1H. The van der Waals surface area contributed by atoms with E-state index in [9.17, 15) is 9.59 Å². The van der Waals surface area contributed by atoms with Crippen molar-refractivity contribution in [3.8, 4) is 0 Å². The van der Waals surface area contributed by atoms with E-state index in [1.807, 2.05) is 0 Å². The lowest BCUT2D eigenvalue weighted by molar-refractivity contribution is 0.0947. The van der Waals surface area contributed by atoms with Crippen LogP contribution < -0.4 is 16.4 Å². The van der Waals surface area contributed by atoms with Gasteiger partial charge in [-0.15, -0.1) is 24.8 Å². The summed E-state index contributed by atoms with van der Waals surface area (Å²) >= 11 is 0. The number of benzene rings is 1. The number of amides is 2. The smallest absolute Gasteiger partial charge is 0.258 e. The Bertz CT molecular complexity index is 748. The van der Waals surface area contributed by atoms with E-state index in [0.717, 1.165) is 19.6 Å². The average molecular weight is 431 g/mol. The molecule has 1 heterocycles. The van der Waals surface area contributed by atoms with Crippen molar-refractivity contribution in [3.63, 3.8) is 0 Å². The number of carbonyl (C=O) groups is 2. The van der Waals surface area contributed by atoms with Crippen LogP contribution in [0.4, 0.5) is 5.69 Å². The van der Waals surface area contributed by atoms with Gasteiger partial charge in [0, 0.05) is 24.3 Å². The van der Waals surface area contributed by atoms with Crippen molar-refractivity contribution in [2.45, 2.75) is 20.4 Å². The minimum absolute atomic E-state index is 0. The lowest BCUT2D eigenvalue weighted by Crippen LogP contribution is -2.34. The van der Waals surface area contributed by atoms with E-state index in [0.29, 0.717) is 29.1 Å². The summed E-state index contributed by atoms with van der Waals surface area (Å²) in [7, 11) is 0. The highest BCUT2D eigenvalue weighted by atomic mass is 35.5. The first-order valence-corrected chi connectivity index (χ1v) is 8.76. The van der Waals surface area contributed by atoms with Crippen molar-refractivity contribution >= 4 is 42.3 Å². The van der Waals surface area contributed by atoms with E-state index in [1.165, 1.54) is 6.26 Å². The number of hydrogen-bond donors (Lipinski definition) is 3. The fourth-order valence-electron chi connectivity index (χ4n) is 2.52. The minimum Gasteiger partial charge on any atom is -0.467 e. The number of anilines is 1. The normalized spacial score (nSPS) is 10.0. The van der Waals surface area contributed by atoms with E-state index in [-0.39, 0.29) is 43.2 Å². The van der Waals surface area contributed by atoms with E-state index in [1.54, 1.807) is 30.3 Å². The summed E-state index contributed by atoms with van der Waals surface area (Å²) in [5.41, 5.74) is 6.90. The summed E-state index contributed by atoms with van der Waals surface area (Å²) in [5.74, 6) is 0.0611. The number of hydrogen-bond acceptors (Lipinski definition) is 5. The van der Waals surface area contributed by atoms with Crippen LogP contribution in [-0.4, -0.2) is 42.9 Å². The highest BCUT2D eigenvalue weighted by molar-refractivity contribution is 6.05. The number of likely N-dealkylation sites (N-methyl/N-ethyl adjacent to an activating group) is 1. The average Bonchev–Trinajstić information content (AvgIpc) is 3.15. The maximum absolute atomic E-state index is 12.3. The maximum atomic E-state index is 12.3. The summed E-state index contributed by atoms with van der Waals surface area (Å²) in [4.78, 5) is 26.7. The van der Waals surface area contributed by atoms with Gasteiger partial charge < -0.3 is 25.7 Å². The first kappa shape index (κ1) is 25.9. The molecule has 2 amide bonds. The molecule has 4 N–H and O–H groups in total. The van der Waals surface area contributed by atoms with E-state index in [2.05, 4.69) is 29.4 Å². The molecule has 0 spiro atoms. The van der Waals surface area contributed by atoms with Crippen LogP contribution in [0.25, 0.3) is 0 Å². The summed E-state index contributed by atoms with van der Waals surface area (Å²) in [6, 6.07) is 8.42. The van der Waals surface area contributed by atoms with Gasteiger partial charge in [-0.25, -0.2) is 0 Å². The van der Waals surface area contributed by atoms with Crippen molar-refractivity contribution in [1.29, 1.82) is 0 Å². The van der Waals surface area contributed by atoms with E-state index in [4.69, 9.17) is 10.2 Å². The van der Waals surface area contributed by atoms with Crippen LogP contribution >= 0.6 is 24.8 Å². The third kappa shape index (κ3) is 7.52. The van der Waals surface area contributed by atoms with Crippen molar-refractivity contribution in [2.75, 3.05) is 31.5 Å². The second-order valence-corrected chi connectivity index (χ2v) is 5.82. The Balaban J connectivity index is 0.00000364. The first-order valence-electron chi connectivity index (χ1n) is 8.76. The Labute approximate surface area is 177 Å². The first-order chi connectivity index (χ1) is 12.6. The van der Waals surface area contributed by atoms with Crippen molar-refractivity contribution in [3.05, 3.63) is 53.5 Å². The molecular weight excluding hydrogens is 403 g/mol. The molecule has 7 nitrogen and oxygen atoms in total. The largest absolute Gasteiger partial charge is 0.467 e. The third-order valence-electron chi connectivity index (χ3n) is 4.11. The number of nitrogens with zero attached hydrogens (tertiary/aromatic N) is 1. The van der Waals surface area contributed by atoms with Gasteiger partial charge in [-0.2, -0.15) is 0 Å². The molecule has 9 heteroatoms. The second-order valence-electron chi connectivity index (χ2n) is 5.82. The van der Waals surface area contributed by atoms with Crippen LogP contribution in [0, 0.1) is 0 Å². The zero-order chi connectivity index (χ0) is 18.9. The number of furan rings is 1. The number of rotatable bonds is 9. The molecule has 0 aliphatic heterocycles. The summed E-state index contributed by atoms with van der Waals surface area (Å²) in [5, 5.41) is 5.65. The van der Waals surface area contributed by atoms with Crippen LogP contribution in [0.2, 0.25) is 0 Å². The number of nitrogens with one attached hydrogen (secondary N) is 2. The van der Waals surface area contributed by atoms with Gasteiger partial charge in [0.25, 0.3) is 11.8 Å². The molecule has 2 aromatic rings. The Morgan fingerprint density at radius 2 is 1.79 bits per heavy atom. The van der Waals surface area contributed by atoms with Crippen molar-refractivity contribution < 1.29 is 14.0 Å². The molecular formula is C19H28Cl2N4O3. The maximum Gasteiger partial charge on any atom is 0.258 e. The molecule has 0 saturated heterocycles. The molecule has 0 atom stereocenters. The van der Waals surface area contributed by atoms with Crippen LogP contribution in [-0.2, 0) is 6.54 Å². The monoisotopic (exact) mass is 430 g/mol. The quantitative estimate of drug-likeness (QED) is 0.567. The molecule has 2 rings (SSSR count). The summed E-state index contributed by atoms with van der Waals surface area (Å²) in [6.07, 6.45) is 1.36. The van der Waals surface area contributed by atoms with E-state index >= 15 is 0 Å². The van der Waals surface area contributed by atoms with Crippen LogP contribution in [0.1, 0.15) is 40.3 Å². The predicted molar refractivity (Wildman–Crippen MR) is 116 cm³/mol. The Morgan fingerprint density at radius 3 is 2.39 bits per heavy atom. The highest BCUT2D eigenvalue weighted by Gasteiger charge is 2.12. The fraction of sp³-hybridized carbons (Fsp3) is 0.368. The molecule has 0 aliphatic carbocycles. The Morgan fingerprint density at radius 1 is 1.07 bits per heavy atom. The van der Waals surface area contributed by atoms with Gasteiger partial charge in [0.05, 0.1) is 12.1 Å². The molecule has 28 heavy (non-hydrogen) atoms. The molecule has 0 fully saturated rings. The summed E-state index contributed by atoms with van der Waals surface area (Å²) in [6.45, 7) is 7.70. The molecule has 0 radical (unpaired) electrons. The zero-order valence-corrected chi connectivity index (χ0v) is 17.7. The van der Waals surface area contributed by atoms with Gasteiger partial charge in [0.2, 0.25) is 0 Å². The van der Waals surface area contributed by atoms with Crippen LogP contribution in [0.3, 0.4) is 0 Å². The number of nitrogens with two attached hydrogens (primary N) is 1. The van der Waals surface area contributed by atoms with Crippen LogP contribution in [0.5, 0.6) is 0 Å². The van der Waals surface area contributed by atoms with Gasteiger partial charge >= 0.3 is 0 Å². The van der Waals surface area contributed by atoms with E-state index < -0.39 is 0 Å². The highest BCUT2D eigenvalue weighted by Crippen LogP contribution is 2.14. The van der Waals surface area contributed by atoms with Gasteiger partial charge in [-0.05, 0) is 37.4 Å². The molecule has 156 valence electrons. The topological polar surface area (TPSA) is 101 Å². The molecule has 0 saturated carbocycles. The Kier molecular flexibility index (Phi) is 12.2. The Hall–Kier alpha value is -2.06. The van der Waals surface area contributed by atoms with Crippen molar-refractivity contribution in [1.82, 2.24) is 10.2 Å². The lowest BCUT2D eigenvalue weighted by atomic mass is 10.1. The summed E-state index contributed by atoms with van der Waals surface area (Å²) < 4.78 is 5.16. The van der Waals surface area contributed by atoms with Gasteiger partial charge in [-0.3, -0.25) is 9.59 Å². The molecule has 0 bridgehead atoms. The number of halogens is 2. The van der Waals surface area contributed by atoms with Gasteiger partial charge in [-0.1, -0.05) is 19.9 Å². The zero-order valence-electron chi connectivity index (χ0n) is 16.1.